The third-order valence-corrected chi connectivity index (χ3v) is 4.79. The summed E-state index contributed by atoms with van der Waals surface area (Å²) in [5, 5.41) is 1.09. The Labute approximate surface area is 131 Å². The van der Waals surface area contributed by atoms with Gasteiger partial charge in [-0.15, -0.1) is 0 Å². The van der Waals surface area contributed by atoms with Crippen molar-refractivity contribution in [3.63, 3.8) is 0 Å². The molecule has 2 heterocycles. The van der Waals surface area contributed by atoms with Crippen LogP contribution < -0.4 is 4.90 Å². The molecule has 0 aliphatic carbocycles. The molecule has 1 aliphatic rings. The summed E-state index contributed by atoms with van der Waals surface area (Å²) in [5.41, 5.74) is 1.48. The first-order chi connectivity index (χ1) is 10.0. The van der Waals surface area contributed by atoms with E-state index in [9.17, 15) is 0 Å². The summed E-state index contributed by atoms with van der Waals surface area (Å²) in [6.45, 7) is 8.72. The Morgan fingerprint density at radius 1 is 1.24 bits per heavy atom. The molecule has 3 nitrogen and oxygen atoms in total. The highest BCUT2D eigenvalue weighted by Gasteiger charge is 2.27. The van der Waals surface area contributed by atoms with Gasteiger partial charge in [-0.3, -0.25) is 0 Å². The minimum absolute atomic E-state index is 0.0396. The Balaban J connectivity index is 1.63. The van der Waals surface area contributed by atoms with Crippen LogP contribution in [0.3, 0.4) is 0 Å². The molecule has 1 aliphatic heterocycles. The van der Waals surface area contributed by atoms with Crippen LogP contribution in [0.4, 0.5) is 5.13 Å². The van der Waals surface area contributed by atoms with E-state index < -0.39 is 0 Å². The van der Waals surface area contributed by atoms with Crippen molar-refractivity contribution < 1.29 is 0 Å². The molecule has 1 saturated heterocycles. The van der Waals surface area contributed by atoms with E-state index in [1.807, 2.05) is 0 Å². The van der Waals surface area contributed by atoms with Gasteiger partial charge in [0.2, 0.25) is 5.13 Å². The average Bonchev–Trinajstić information content (AvgIpc) is 3.07. The molecule has 0 bridgehead atoms. The summed E-state index contributed by atoms with van der Waals surface area (Å²) in [5.74, 6) is 1.70. The van der Waals surface area contributed by atoms with Crippen LogP contribution in [0.5, 0.6) is 0 Å². The second-order valence-corrected chi connectivity index (χ2v) is 7.67. The van der Waals surface area contributed by atoms with Crippen molar-refractivity contribution in [1.82, 2.24) is 9.36 Å². The third kappa shape index (κ3) is 3.43. The van der Waals surface area contributed by atoms with E-state index in [1.165, 1.54) is 18.4 Å². The van der Waals surface area contributed by atoms with Gasteiger partial charge < -0.3 is 4.90 Å². The summed E-state index contributed by atoms with van der Waals surface area (Å²) in [4.78, 5) is 7.14. The number of benzene rings is 1. The highest BCUT2D eigenvalue weighted by atomic mass is 32.1. The lowest BCUT2D eigenvalue weighted by atomic mass is 9.96. The number of nitrogens with zero attached hydrogens (tertiary/aromatic N) is 3. The first-order valence-electron chi connectivity index (χ1n) is 7.65. The lowest BCUT2D eigenvalue weighted by Gasteiger charge is -2.15. The van der Waals surface area contributed by atoms with Crippen LogP contribution in [0.1, 0.15) is 38.6 Å². The normalized spacial score (nSPS) is 19.2. The molecule has 0 radical (unpaired) electrons. The van der Waals surface area contributed by atoms with Crippen molar-refractivity contribution in [2.75, 3.05) is 18.0 Å². The van der Waals surface area contributed by atoms with Gasteiger partial charge in [0.25, 0.3) is 0 Å². The maximum Gasteiger partial charge on any atom is 0.205 e. The van der Waals surface area contributed by atoms with Gasteiger partial charge in [0, 0.05) is 30.0 Å². The molecule has 1 atom stereocenters. The molecule has 1 fully saturated rings. The van der Waals surface area contributed by atoms with E-state index in [1.54, 1.807) is 11.5 Å². The lowest BCUT2D eigenvalue weighted by molar-refractivity contribution is 0.554. The molecule has 112 valence electrons. The second-order valence-electron chi connectivity index (χ2n) is 6.94. The van der Waals surface area contributed by atoms with Crippen molar-refractivity contribution in [2.45, 2.75) is 39.0 Å². The maximum absolute atomic E-state index is 4.74. The van der Waals surface area contributed by atoms with E-state index in [-0.39, 0.29) is 5.41 Å². The van der Waals surface area contributed by atoms with Gasteiger partial charge in [0.05, 0.1) is 0 Å². The first kappa shape index (κ1) is 14.5. The highest BCUT2D eigenvalue weighted by Crippen LogP contribution is 2.30. The molecule has 4 heteroatoms. The molecule has 2 aromatic rings. The van der Waals surface area contributed by atoms with E-state index in [0.717, 1.165) is 30.0 Å². The SMILES string of the molecule is CC(C)(C)c1nsc(N2CCC(Cc3ccccc3)C2)n1. The third-order valence-electron chi connectivity index (χ3n) is 4.01. The molecule has 0 N–H and O–H groups in total. The Kier molecular flexibility index (Phi) is 3.98. The smallest absolute Gasteiger partial charge is 0.205 e. The van der Waals surface area contributed by atoms with Gasteiger partial charge >= 0.3 is 0 Å². The summed E-state index contributed by atoms with van der Waals surface area (Å²) in [7, 11) is 0. The standard InChI is InChI=1S/C17H23N3S/c1-17(2,3)15-18-16(21-19-15)20-10-9-14(12-20)11-13-7-5-4-6-8-13/h4-8,14H,9-12H2,1-3H3. The molecular formula is C17H23N3S. The number of hydrogen-bond donors (Lipinski definition) is 0. The minimum atomic E-state index is 0.0396. The second kappa shape index (κ2) is 5.76. The summed E-state index contributed by atoms with van der Waals surface area (Å²) in [6.07, 6.45) is 2.42. The Morgan fingerprint density at radius 2 is 2.00 bits per heavy atom. The maximum atomic E-state index is 4.74. The molecule has 1 unspecified atom stereocenters. The summed E-state index contributed by atoms with van der Waals surface area (Å²) >= 11 is 1.55. The minimum Gasteiger partial charge on any atom is -0.347 e. The topological polar surface area (TPSA) is 29.0 Å². The van der Waals surface area contributed by atoms with Gasteiger partial charge in [0.1, 0.15) is 5.82 Å². The van der Waals surface area contributed by atoms with Crippen molar-refractivity contribution in [3.8, 4) is 0 Å². The van der Waals surface area contributed by atoms with Gasteiger partial charge in [-0.2, -0.15) is 4.37 Å². The highest BCUT2D eigenvalue weighted by molar-refractivity contribution is 7.09. The van der Waals surface area contributed by atoms with E-state index in [2.05, 4.69) is 60.4 Å². The fourth-order valence-corrected chi connectivity index (χ4v) is 3.66. The predicted molar refractivity (Wildman–Crippen MR) is 89.1 cm³/mol. The van der Waals surface area contributed by atoms with E-state index in [4.69, 9.17) is 4.98 Å². The molecule has 0 spiro atoms. The van der Waals surface area contributed by atoms with Crippen LogP contribution in [-0.4, -0.2) is 22.4 Å². The monoisotopic (exact) mass is 301 g/mol. The van der Waals surface area contributed by atoms with Crippen LogP contribution in [-0.2, 0) is 11.8 Å². The van der Waals surface area contributed by atoms with Gasteiger partial charge in [-0.1, -0.05) is 51.1 Å². The zero-order valence-electron chi connectivity index (χ0n) is 13.0. The van der Waals surface area contributed by atoms with Crippen molar-refractivity contribution in [3.05, 3.63) is 41.7 Å². The fraction of sp³-hybridized carbons (Fsp3) is 0.529. The Hall–Kier alpha value is -1.42. The largest absolute Gasteiger partial charge is 0.347 e. The molecule has 1 aromatic carbocycles. The molecule has 1 aromatic heterocycles. The molecule has 3 rings (SSSR count). The van der Waals surface area contributed by atoms with Crippen LogP contribution >= 0.6 is 11.5 Å². The van der Waals surface area contributed by atoms with Crippen molar-refractivity contribution >= 4 is 16.7 Å². The molecule has 21 heavy (non-hydrogen) atoms. The Bertz CT molecular complexity index is 586. The van der Waals surface area contributed by atoms with Crippen LogP contribution in [0.15, 0.2) is 30.3 Å². The number of aromatic nitrogens is 2. The fourth-order valence-electron chi connectivity index (χ4n) is 2.77. The van der Waals surface area contributed by atoms with Crippen molar-refractivity contribution in [1.29, 1.82) is 0 Å². The predicted octanol–water partition coefficient (Wildman–Crippen LogP) is 3.90. The van der Waals surface area contributed by atoms with Gasteiger partial charge in [0.15, 0.2) is 0 Å². The summed E-state index contributed by atoms with van der Waals surface area (Å²) < 4.78 is 4.53. The Morgan fingerprint density at radius 3 is 2.67 bits per heavy atom. The van der Waals surface area contributed by atoms with Crippen LogP contribution in [0.25, 0.3) is 0 Å². The van der Waals surface area contributed by atoms with Crippen LogP contribution in [0, 0.1) is 5.92 Å². The first-order valence-corrected chi connectivity index (χ1v) is 8.43. The van der Waals surface area contributed by atoms with Gasteiger partial charge in [-0.05, 0) is 24.3 Å². The van der Waals surface area contributed by atoms with Crippen molar-refractivity contribution in [2.24, 2.45) is 5.92 Å². The zero-order chi connectivity index (χ0) is 14.9. The molecule has 0 saturated carbocycles. The number of hydrogen-bond acceptors (Lipinski definition) is 4. The van der Waals surface area contributed by atoms with E-state index in [0.29, 0.717) is 0 Å². The number of anilines is 1. The van der Waals surface area contributed by atoms with Crippen LogP contribution in [0.2, 0.25) is 0 Å². The lowest BCUT2D eigenvalue weighted by Crippen LogP contribution is -2.21. The summed E-state index contributed by atoms with van der Waals surface area (Å²) in [6, 6.07) is 10.8. The zero-order valence-corrected chi connectivity index (χ0v) is 13.9. The van der Waals surface area contributed by atoms with E-state index >= 15 is 0 Å². The van der Waals surface area contributed by atoms with Gasteiger partial charge in [-0.25, -0.2) is 4.98 Å². The average molecular weight is 301 g/mol. The molecule has 0 amide bonds. The number of rotatable bonds is 3. The quantitative estimate of drug-likeness (QED) is 0.861. The molecular weight excluding hydrogens is 278 g/mol.